The Kier molecular flexibility index (Phi) is 11.8. The van der Waals surface area contributed by atoms with Crippen molar-refractivity contribution in [2.24, 2.45) is 0 Å². The molecular weight excluding hydrogens is 316 g/mol. The average Bonchev–Trinajstić information content (AvgIpc) is 2.54. The molecule has 0 aliphatic carbocycles. The van der Waals surface area contributed by atoms with Crippen molar-refractivity contribution in [1.82, 2.24) is 0 Å². The first-order chi connectivity index (χ1) is 11.2. The van der Waals surface area contributed by atoms with Crippen LogP contribution in [0.25, 0.3) is 0 Å². The van der Waals surface area contributed by atoms with Gasteiger partial charge in [0.05, 0.1) is 6.61 Å². The van der Waals surface area contributed by atoms with Crippen LogP contribution in [0.2, 0.25) is 0 Å². The molecule has 0 saturated heterocycles. The summed E-state index contributed by atoms with van der Waals surface area (Å²) in [5.41, 5.74) is 0. The predicted octanol–water partition coefficient (Wildman–Crippen LogP) is 4.65. The van der Waals surface area contributed by atoms with E-state index in [1.165, 1.54) is 0 Å². The quantitative estimate of drug-likeness (QED) is 0.454. The molecule has 0 aromatic rings. The molecule has 0 saturated carbocycles. The van der Waals surface area contributed by atoms with Crippen molar-refractivity contribution in [2.45, 2.75) is 77.6 Å². The number of hydrogen-bond acceptors (Lipinski definition) is 4. The van der Waals surface area contributed by atoms with E-state index in [1.807, 2.05) is 6.08 Å². The molecule has 5 heteroatoms. The highest BCUT2D eigenvalue weighted by atomic mass is 35.5. The van der Waals surface area contributed by atoms with Gasteiger partial charge in [0, 0.05) is 25.9 Å². The number of unbranched alkanes of at least 4 members (excludes halogenated alkanes) is 3. The normalized spacial score (nSPS) is 24.3. The lowest BCUT2D eigenvalue weighted by Gasteiger charge is -2.35. The molecule has 0 spiro atoms. The van der Waals surface area contributed by atoms with E-state index in [0.717, 1.165) is 45.1 Å². The van der Waals surface area contributed by atoms with Gasteiger partial charge in [-0.15, -0.1) is 0 Å². The lowest BCUT2D eigenvalue weighted by molar-refractivity contribution is -0.141. The monoisotopic (exact) mass is 348 g/mol. The highest BCUT2D eigenvalue weighted by Gasteiger charge is 2.36. The number of halogens is 1. The molecule has 0 N–H and O–H groups in total. The van der Waals surface area contributed by atoms with Crippen LogP contribution in [0.1, 0.15) is 59.3 Å². The summed E-state index contributed by atoms with van der Waals surface area (Å²) in [5.74, 6) is 0. The molecule has 0 aromatic carbocycles. The second-order valence-electron chi connectivity index (χ2n) is 5.93. The fourth-order valence-corrected chi connectivity index (χ4v) is 2.57. The predicted molar refractivity (Wildman–Crippen MR) is 93.8 cm³/mol. The van der Waals surface area contributed by atoms with Crippen LogP contribution < -0.4 is 0 Å². The number of rotatable bonds is 13. The van der Waals surface area contributed by atoms with Crippen LogP contribution in [0.4, 0.5) is 0 Å². The molecule has 0 amide bonds. The van der Waals surface area contributed by atoms with Crippen LogP contribution in [0, 0.1) is 0 Å². The molecule has 1 rings (SSSR count). The summed E-state index contributed by atoms with van der Waals surface area (Å²) < 4.78 is 23.5. The van der Waals surface area contributed by atoms with Crippen LogP contribution in [0.3, 0.4) is 0 Å². The van der Waals surface area contributed by atoms with E-state index in [4.69, 9.17) is 30.5 Å². The minimum atomic E-state index is -0.215. The van der Waals surface area contributed by atoms with Crippen molar-refractivity contribution in [3.63, 3.8) is 0 Å². The highest BCUT2D eigenvalue weighted by Crippen LogP contribution is 2.26. The topological polar surface area (TPSA) is 36.9 Å². The van der Waals surface area contributed by atoms with Crippen LogP contribution in [-0.4, -0.2) is 44.7 Å². The third kappa shape index (κ3) is 8.39. The number of hydrogen-bond donors (Lipinski definition) is 0. The van der Waals surface area contributed by atoms with Crippen molar-refractivity contribution in [3.8, 4) is 0 Å². The Morgan fingerprint density at radius 3 is 2.22 bits per heavy atom. The SMILES string of the molecule is CCCCOCC1OC(Cl)=CC(OCCCC)C1OCCCC. The maximum Gasteiger partial charge on any atom is 0.185 e. The first-order valence-corrected chi connectivity index (χ1v) is 9.45. The fourth-order valence-electron chi connectivity index (χ4n) is 2.33. The third-order valence-electron chi connectivity index (χ3n) is 3.79. The molecule has 0 fully saturated rings. The van der Waals surface area contributed by atoms with Gasteiger partial charge in [0.25, 0.3) is 0 Å². The van der Waals surface area contributed by atoms with Crippen LogP contribution >= 0.6 is 11.6 Å². The summed E-state index contributed by atoms with van der Waals surface area (Å²) in [6.07, 6.45) is 7.70. The van der Waals surface area contributed by atoms with E-state index >= 15 is 0 Å². The van der Waals surface area contributed by atoms with Crippen LogP contribution in [0.5, 0.6) is 0 Å². The Hall–Kier alpha value is -0.290. The second kappa shape index (κ2) is 13.1. The molecule has 136 valence electrons. The largest absolute Gasteiger partial charge is 0.475 e. The molecule has 3 atom stereocenters. The van der Waals surface area contributed by atoms with Gasteiger partial charge < -0.3 is 18.9 Å². The van der Waals surface area contributed by atoms with Crippen molar-refractivity contribution in [1.29, 1.82) is 0 Å². The van der Waals surface area contributed by atoms with E-state index in [0.29, 0.717) is 25.0 Å². The maximum atomic E-state index is 6.13. The molecule has 4 nitrogen and oxygen atoms in total. The maximum absolute atomic E-state index is 6.13. The summed E-state index contributed by atoms with van der Waals surface area (Å²) in [5, 5.41) is 0.380. The Morgan fingerprint density at radius 1 is 0.957 bits per heavy atom. The van der Waals surface area contributed by atoms with Crippen molar-refractivity contribution >= 4 is 11.6 Å². The van der Waals surface area contributed by atoms with Crippen molar-refractivity contribution in [3.05, 3.63) is 11.3 Å². The molecule has 0 radical (unpaired) electrons. The summed E-state index contributed by atoms with van der Waals surface area (Å²) in [6, 6.07) is 0. The van der Waals surface area contributed by atoms with E-state index in [-0.39, 0.29) is 18.3 Å². The molecule has 0 aromatic heterocycles. The van der Waals surface area contributed by atoms with Gasteiger partial charge in [-0.3, -0.25) is 0 Å². The van der Waals surface area contributed by atoms with E-state index in [9.17, 15) is 0 Å². The lowest BCUT2D eigenvalue weighted by atomic mass is 10.1. The van der Waals surface area contributed by atoms with Gasteiger partial charge in [0.15, 0.2) is 11.3 Å². The van der Waals surface area contributed by atoms with Gasteiger partial charge in [0.1, 0.15) is 12.2 Å². The summed E-state index contributed by atoms with van der Waals surface area (Å²) >= 11 is 6.13. The lowest BCUT2D eigenvalue weighted by Crippen LogP contribution is -2.47. The third-order valence-corrected chi connectivity index (χ3v) is 4.01. The van der Waals surface area contributed by atoms with E-state index in [1.54, 1.807) is 0 Å². The summed E-state index contributed by atoms with van der Waals surface area (Å²) in [4.78, 5) is 0. The second-order valence-corrected chi connectivity index (χ2v) is 6.31. The van der Waals surface area contributed by atoms with E-state index in [2.05, 4.69) is 20.8 Å². The van der Waals surface area contributed by atoms with Crippen molar-refractivity contribution < 1.29 is 18.9 Å². The van der Waals surface area contributed by atoms with E-state index < -0.39 is 0 Å². The van der Waals surface area contributed by atoms with Gasteiger partial charge in [-0.25, -0.2) is 0 Å². The Labute approximate surface area is 146 Å². The first-order valence-electron chi connectivity index (χ1n) is 9.07. The highest BCUT2D eigenvalue weighted by molar-refractivity contribution is 6.28. The zero-order valence-electron chi connectivity index (χ0n) is 14.9. The average molecular weight is 349 g/mol. The Bertz CT molecular complexity index is 322. The molecule has 1 aliphatic rings. The zero-order chi connectivity index (χ0) is 16.9. The van der Waals surface area contributed by atoms with Gasteiger partial charge in [-0.2, -0.15) is 0 Å². The summed E-state index contributed by atoms with van der Waals surface area (Å²) in [7, 11) is 0. The van der Waals surface area contributed by atoms with Crippen LogP contribution in [-0.2, 0) is 18.9 Å². The van der Waals surface area contributed by atoms with Gasteiger partial charge >= 0.3 is 0 Å². The smallest absolute Gasteiger partial charge is 0.185 e. The summed E-state index contributed by atoms with van der Waals surface area (Å²) in [6.45, 7) is 9.07. The molecule has 1 heterocycles. The van der Waals surface area contributed by atoms with Gasteiger partial charge in [-0.1, -0.05) is 40.0 Å². The zero-order valence-corrected chi connectivity index (χ0v) is 15.6. The molecule has 23 heavy (non-hydrogen) atoms. The standard InChI is InChI=1S/C18H33ClO4/c1-4-7-10-20-14-16-18(22-12-9-6-3)15(13-17(19)23-16)21-11-8-5-2/h13,15-16,18H,4-12,14H2,1-3H3. The molecule has 0 bridgehead atoms. The van der Waals surface area contributed by atoms with Gasteiger partial charge in [-0.05, 0) is 30.9 Å². The molecule has 3 unspecified atom stereocenters. The fraction of sp³-hybridized carbons (Fsp3) is 0.889. The molecular formula is C18H33ClO4. The van der Waals surface area contributed by atoms with Crippen LogP contribution in [0.15, 0.2) is 11.3 Å². The Morgan fingerprint density at radius 2 is 1.57 bits per heavy atom. The molecule has 1 aliphatic heterocycles. The minimum Gasteiger partial charge on any atom is -0.475 e. The van der Waals surface area contributed by atoms with Crippen molar-refractivity contribution in [2.75, 3.05) is 26.4 Å². The minimum absolute atomic E-state index is 0.164. The first kappa shape index (κ1) is 20.8. The number of ether oxygens (including phenoxy) is 4. The Balaban J connectivity index is 2.61. The van der Waals surface area contributed by atoms with Gasteiger partial charge in [0.2, 0.25) is 0 Å².